The van der Waals surface area contributed by atoms with Gasteiger partial charge in [0.05, 0.1) is 17.7 Å². The molecular weight excluding hydrogens is 379 g/mol. The summed E-state index contributed by atoms with van der Waals surface area (Å²) in [6, 6.07) is 3.33. The van der Waals surface area contributed by atoms with Gasteiger partial charge in [-0.25, -0.2) is 4.79 Å². The van der Waals surface area contributed by atoms with Gasteiger partial charge in [-0.15, -0.1) is 0 Å². The van der Waals surface area contributed by atoms with Crippen molar-refractivity contribution in [3.63, 3.8) is 0 Å². The van der Waals surface area contributed by atoms with Crippen LogP contribution < -0.4 is 5.32 Å². The van der Waals surface area contributed by atoms with Crippen molar-refractivity contribution in [2.24, 2.45) is 0 Å². The topological polar surface area (TPSA) is 77.0 Å². The predicted molar refractivity (Wildman–Crippen MR) is 97.0 cm³/mol. The predicted octanol–water partition coefficient (Wildman–Crippen LogP) is 4.25. The molecule has 1 aromatic rings. The number of ether oxygens (including phenoxy) is 3. The molecule has 1 aromatic carbocycles. The number of aromatic hydroxyl groups is 1. The van der Waals surface area contributed by atoms with Crippen LogP contribution in [0.2, 0.25) is 0 Å². The number of phenolic OH excluding ortho intramolecular Hbond substituents is 1. The number of carbonyl (C=O) groups excluding carboxylic acids is 1. The third-order valence-electron chi connectivity index (χ3n) is 3.76. The highest BCUT2D eigenvalue weighted by Gasteiger charge is 2.34. The maximum atomic E-state index is 13.0. The molecule has 1 unspecified atom stereocenters. The van der Waals surface area contributed by atoms with Gasteiger partial charge >= 0.3 is 12.3 Å². The first-order valence-electron chi connectivity index (χ1n) is 8.73. The van der Waals surface area contributed by atoms with Crippen molar-refractivity contribution in [1.82, 2.24) is 5.32 Å². The number of nitrogens with one attached hydrogen (secondary N) is 1. The van der Waals surface area contributed by atoms with Gasteiger partial charge in [-0.2, -0.15) is 13.2 Å². The van der Waals surface area contributed by atoms with Crippen molar-refractivity contribution in [3.05, 3.63) is 29.3 Å². The zero-order chi connectivity index (χ0) is 21.6. The lowest BCUT2D eigenvalue weighted by atomic mass is 9.93. The van der Waals surface area contributed by atoms with E-state index in [1.165, 1.54) is 13.2 Å². The Labute approximate surface area is 163 Å². The van der Waals surface area contributed by atoms with Crippen LogP contribution in [0.5, 0.6) is 5.75 Å². The van der Waals surface area contributed by atoms with Crippen LogP contribution in [-0.4, -0.2) is 42.8 Å². The van der Waals surface area contributed by atoms with Gasteiger partial charge in [0.2, 0.25) is 0 Å². The molecule has 0 aliphatic carbocycles. The third-order valence-corrected chi connectivity index (χ3v) is 3.76. The Balaban J connectivity index is 2.90. The fourth-order valence-electron chi connectivity index (χ4n) is 2.46. The number of amides is 1. The Kier molecular flexibility index (Phi) is 8.13. The minimum atomic E-state index is -4.65. The zero-order valence-electron chi connectivity index (χ0n) is 16.8. The van der Waals surface area contributed by atoms with E-state index in [2.05, 4.69) is 5.32 Å². The van der Waals surface area contributed by atoms with Gasteiger partial charge in [-0.05, 0) is 58.2 Å². The molecule has 0 bridgehead atoms. The molecule has 1 amide bonds. The van der Waals surface area contributed by atoms with Crippen molar-refractivity contribution in [3.8, 4) is 5.75 Å². The van der Waals surface area contributed by atoms with E-state index in [1.54, 1.807) is 27.7 Å². The highest BCUT2D eigenvalue weighted by atomic mass is 19.4. The number of carbonyl (C=O) groups is 1. The summed E-state index contributed by atoms with van der Waals surface area (Å²) >= 11 is 0. The molecule has 0 fully saturated rings. The number of phenols is 1. The number of rotatable bonds is 8. The van der Waals surface area contributed by atoms with Crippen molar-refractivity contribution in [2.45, 2.75) is 57.9 Å². The highest BCUT2D eigenvalue weighted by Crippen LogP contribution is 2.36. The number of alkyl halides is 3. The average molecular weight is 407 g/mol. The minimum absolute atomic E-state index is 0.00300. The summed E-state index contributed by atoms with van der Waals surface area (Å²) in [5, 5.41) is 12.2. The molecule has 0 spiro atoms. The van der Waals surface area contributed by atoms with Crippen LogP contribution in [0.1, 0.15) is 45.2 Å². The summed E-state index contributed by atoms with van der Waals surface area (Å²) in [6.07, 6.45) is -4.82. The molecule has 2 N–H and O–H groups in total. The van der Waals surface area contributed by atoms with Gasteiger partial charge in [0.25, 0.3) is 0 Å². The van der Waals surface area contributed by atoms with Crippen molar-refractivity contribution >= 4 is 6.09 Å². The molecule has 0 aromatic heterocycles. The van der Waals surface area contributed by atoms with Crippen LogP contribution in [0, 0.1) is 0 Å². The second-order valence-electron chi connectivity index (χ2n) is 7.79. The van der Waals surface area contributed by atoms with Gasteiger partial charge in [0.15, 0.2) is 0 Å². The number of methoxy groups -OCH3 is 1. The fourth-order valence-corrected chi connectivity index (χ4v) is 2.46. The number of hydrogen-bond acceptors (Lipinski definition) is 5. The van der Waals surface area contributed by atoms with Gasteiger partial charge < -0.3 is 24.6 Å². The van der Waals surface area contributed by atoms with E-state index in [0.29, 0.717) is 5.56 Å². The Morgan fingerprint density at radius 3 is 2.36 bits per heavy atom. The third kappa shape index (κ3) is 8.35. The van der Waals surface area contributed by atoms with Crippen LogP contribution in [-0.2, 0) is 26.8 Å². The summed E-state index contributed by atoms with van der Waals surface area (Å²) in [7, 11) is 1.45. The number of alkyl carbamates (subject to hydrolysis) is 1. The van der Waals surface area contributed by atoms with Gasteiger partial charge in [-0.3, -0.25) is 0 Å². The van der Waals surface area contributed by atoms with E-state index >= 15 is 0 Å². The van der Waals surface area contributed by atoms with Crippen LogP contribution >= 0.6 is 0 Å². The molecule has 160 valence electrons. The van der Waals surface area contributed by atoms with E-state index in [0.717, 1.165) is 12.1 Å². The SMILES string of the molecule is COCOCC(C)(CCc1ccc(O)c(C(F)(F)F)c1)NC(=O)OC(C)(C)C. The summed E-state index contributed by atoms with van der Waals surface area (Å²) in [4.78, 5) is 12.1. The highest BCUT2D eigenvalue weighted by molar-refractivity contribution is 5.68. The Hall–Kier alpha value is -2.00. The van der Waals surface area contributed by atoms with E-state index in [-0.39, 0.29) is 26.2 Å². The summed E-state index contributed by atoms with van der Waals surface area (Å²) in [5.74, 6) is -0.825. The quantitative estimate of drug-likeness (QED) is 0.498. The summed E-state index contributed by atoms with van der Waals surface area (Å²) in [5.41, 5.74) is -2.33. The second kappa shape index (κ2) is 9.47. The lowest BCUT2D eigenvalue weighted by molar-refractivity contribution is -0.138. The molecule has 0 radical (unpaired) electrons. The Morgan fingerprint density at radius 2 is 1.82 bits per heavy atom. The zero-order valence-corrected chi connectivity index (χ0v) is 16.8. The molecule has 0 heterocycles. The van der Waals surface area contributed by atoms with Crippen LogP contribution in [0.25, 0.3) is 0 Å². The first-order chi connectivity index (χ1) is 12.8. The van der Waals surface area contributed by atoms with E-state index in [9.17, 15) is 23.1 Å². The minimum Gasteiger partial charge on any atom is -0.507 e. The first kappa shape index (κ1) is 24.0. The molecule has 1 atom stereocenters. The largest absolute Gasteiger partial charge is 0.507 e. The molecule has 1 rings (SSSR count). The standard InChI is InChI=1S/C19H28F3NO5/c1-17(2,3)28-16(25)23-18(4,11-27-12-26-5)9-8-13-6-7-15(24)14(10-13)19(20,21)22/h6-7,10,24H,8-9,11-12H2,1-5H3,(H,23,25). The number of hydrogen-bond donors (Lipinski definition) is 2. The Morgan fingerprint density at radius 1 is 1.18 bits per heavy atom. The van der Waals surface area contributed by atoms with E-state index in [4.69, 9.17) is 14.2 Å². The maximum absolute atomic E-state index is 13.0. The average Bonchev–Trinajstić information content (AvgIpc) is 2.51. The number of aryl methyl sites for hydroxylation is 1. The molecule has 0 aliphatic heterocycles. The summed E-state index contributed by atoms with van der Waals surface area (Å²) in [6.45, 7) is 6.95. The molecule has 9 heteroatoms. The summed E-state index contributed by atoms with van der Waals surface area (Å²) < 4.78 is 54.3. The van der Waals surface area contributed by atoms with Crippen LogP contribution in [0.3, 0.4) is 0 Å². The van der Waals surface area contributed by atoms with Gasteiger partial charge in [-0.1, -0.05) is 6.07 Å². The lowest BCUT2D eigenvalue weighted by Crippen LogP contribution is -2.51. The van der Waals surface area contributed by atoms with Gasteiger partial charge in [0.1, 0.15) is 18.1 Å². The molecule has 0 saturated carbocycles. The fraction of sp³-hybridized carbons (Fsp3) is 0.632. The van der Waals surface area contributed by atoms with Crippen molar-refractivity contribution in [1.29, 1.82) is 0 Å². The van der Waals surface area contributed by atoms with Crippen molar-refractivity contribution < 1.29 is 37.3 Å². The number of halogens is 3. The monoisotopic (exact) mass is 407 g/mol. The molecule has 6 nitrogen and oxygen atoms in total. The lowest BCUT2D eigenvalue weighted by Gasteiger charge is -2.32. The van der Waals surface area contributed by atoms with Crippen LogP contribution in [0.15, 0.2) is 18.2 Å². The number of benzene rings is 1. The second-order valence-corrected chi connectivity index (χ2v) is 7.79. The smallest absolute Gasteiger partial charge is 0.419 e. The van der Waals surface area contributed by atoms with E-state index < -0.39 is 34.7 Å². The maximum Gasteiger partial charge on any atom is 0.419 e. The van der Waals surface area contributed by atoms with Crippen LogP contribution in [0.4, 0.5) is 18.0 Å². The molecule has 0 aliphatic rings. The molecule has 28 heavy (non-hydrogen) atoms. The van der Waals surface area contributed by atoms with Gasteiger partial charge in [0, 0.05) is 7.11 Å². The normalized spacial score (nSPS) is 14.4. The molecular formula is C19H28F3NO5. The first-order valence-corrected chi connectivity index (χ1v) is 8.73. The van der Waals surface area contributed by atoms with E-state index in [1.807, 2.05) is 0 Å². The van der Waals surface area contributed by atoms with Crippen molar-refractivity contribution in [2.75, 3.05) is 20.5 Å². The molecule has 0 saturated heterocycles. The Bertz CT molecular complexity index is 658.